The Kier molecular flexibility index (Phi) is 67.2. The van der Waals surface area contributed by atoms with Gasteiger partial charge in [-0.15, -0.1) is 0 Å². The highest BCUT2D eigenvalue weighted by Gasteiger charge is 2.19. The molecule has 6 heteroatoms. The van der Waals surface area contributed by atoms with Crippen molar-refractivity contribution in [3.63, 3.8) is 0 Å². The smallest absolute Gasteiger partial charge is 0.306 e. The molecule has 0 aliphatic carbocycles. The molecule has 0 aromatic rings. The molecule has 0 saturated carbocycles. The van der Waals surface area contributed by atoms with Crippen molar-refractivity contribution in [3.8, 4) is 0 Å². The second-order valence-electron chi connectivity index (χ2n) is 23.8. The van der Waals surface area contributed by atoms with Gasteiger partial charge in [0.25, 0.3) is 0 Å². The SMILES string of the molecule is CC/C=C\C/C=C\C/C=C\C/C=C\C/C=C\CCCCCCCCCCCCCCCCCCCC(=O)OCC(COC(=O)CCCCCCC/C=C\CCCCC)OC(=O)CCCCCCCCCCC/C=C\CCCCCCCC. The molecule has 0 radical (unpaired) electrons. The third-order valence-electron chi connectivity index (χ3n) is 15.6. The lowest BCUT2D eigenvalue weighted by atomic mass is 10.0. The predicted molar refractivity (Wildman–Crippen MR) is 358 cm³/mol. The van der Waals surface area contributed by atoms with Crippen molar-refractivity contribution in [1.29, 1.82) is 0 Å². The van der Waals surface area contributed by atoms with Crippen LogP contribution in [0.1, 0.15) is 361 Å². The van der Waals surface area contributed by atoms with Crippen molar-refractivity contribution >= 4 is 17.9 Å². The minimum atomic E-state index is -0.779. The number of unbranched alkanes of at least 4 members (excludes halogenated alkanes) is 40. The number of hydrogen-bond donors (Lipinski definition) is 0. The first-order valence-corrected chi connectivity index (χ1v) is 35.6. The van der Waals surface area contributed by atoms with Gasteiger partial charge in [0.2, 0.25) is 0 Å². The predicted octanol–water partition coefficient (Wildman–Crippen LogP) is 24.6. The zero-order chi connectivity index (χ0) is 59.2. The summed E-state index contributed by atoms with van der Waals surface area (Å²) in [6.45, 7) is 6.54. The van der Waals surface area contributed by atoms with E-state index in [4.69, 9.17) is 14.2 Å². The van der Waals surface area contributed by atoms with Gasteiger partial charge >= 0.3 is 17.9 Å². The van der Waals surface area contributed by atoms with E-state index in [1.165, 1.54) is 225 Å². The summed E-state index contributed by atoms with van der Waals surface area (Å²) in [5.41, 5.74) is 0. The zero-order valence-corrected chi connectivity index (χ0v) is 54.5. The van der Waals surface area contributed by atoms with E-state index in [0.717, 1.165) is 96.3 Å². The summed E-state index contributed by atoms with van der Waals surface area (Å²) in [6, 6.07) is 0. The molecule has 0 fully saturated rings. The number of allylic oxidation sites excluding steroid dienone is 14. The topological polar surface area (TPSA) is 78.9 Å². The van der Waals surface area contributed by atoms with Crippen LogP contribution >= 0.6 is 0 Å². The van der Waals surface area contributed by atoms with Crippen molar-refractivity contribution in [2.24, 2.45) is 0 Å². The highest BCUT2D eigenvalue weighted by molar-refractivity contribution is 5.71. The lowest BCUT2D eigenvalue weighted by Crippen LogP contribution is -2.30. The summed E-state index contributed by atoms with van der Waals surface area (Å²) in [5.74, 6) is -0.868. The molecule has 82 heavy (non-hydrogen) atoms. The molecule has 0 heterocycles. The van der Waals surface area contributed by atoms with Gasteiger partial charge in [-0.25, -0.2) is 0 Å². The van der Waals surface area contributed by atoms with Gasteiger partial charge in [0, 0.05) is 19.3 Å². The minimum absolute atomic E-state index is 0.0755. The molecule has 0 bridgehead atoms. The molecule has 1 unspecified atom stereocenters. The third kappa shape index (κ3) is 67.4. The number of hydrogen-bond acceptors (Lipinski definition) is 6. The van der Waals surface area contributed by atoms with Crippen molar-refractivity contribution < 1.29 is 28.6 Å². The van der Waals surface area contributed by atoms with Gasteiger partial charge in [-0.05, 0) is 116 Å². The van der Waals surface area contributed by atoms with Gasteiger partial charge in [0.1, 0.15) is 13.2 Å². The van der Waals surface area contributed by atoms with Crippen LogP contribution in [0.3, 0.4) is 0 Å². The summed E-state index contributed by atoms with van der Waals surface area (Å²) in [6.07, 6.45) is 93.3. The van der Waals surface area contributed by atoms with E-state index in [2.05, 4.69) is 106 Å². The molecule has 0 aromatic heterocycles. The Labute approximate surface area is 509 Å². The van der Waals surface area contributed by atoms with E-state index in [9.17, 15) is 14.4 Å². The normalized spacial score (nSPS) is 12.6. The maximum absolute atomic E-state index is 12.9. The highest BCUT2D eigenvalue weighted by atomic mass is 16.6. The maximum atomic E-state index is 12.9. The van der Waals surface area contributed by atoms with Crippen LogP contribution in [0.5, 0.6) is 0 Å². The summed E-state index contributed by atoms with van der Waals surface area (Å²) >= 11 is 0. The number of ether oxygens (including phenoxy) is 3. The van der Waals surface area contributed by atoms with E-state index < -0.39 is 6.10 Å². The molecule has 0 aromatic carbocycles. The van der Waals surface area contributed by atoms with Crippen molar-refractivity contribution in [3.05, 3.63) is 85.1 Å². The summed E-state index contributed by atoms with van der Waals surface area (Å²) < 4.78 is 17.0. The van der Waals surface area contributed by atoms with E-state index in [1.54, 1.807) is 0 Å². The van der Waals surface area contributed by atoms with Gasteiger partial charge in [-0.2, -0.15) is 0 Å². The fourth-order valence-electron chi connectivity index (χ4n) is 10.3. The van der Waals surface area contributed by atoms with Gasteiger partial charge in [0.15, 0.2) is 6.10 Å². The molecule has 0 aliphatic rings. The average molecular weight is 1140 g/mol. The standard InChI is InChI=1S/C76H134O6/c1-4-7-10-13-16-19-22-25-27-29-31-32-33-34-35-36-37-38-39-40-41-42-43-44-46-47-49-51-54-57-60-63-66-69-75(78)81-72-73(71-80-74(77)68-65-62-59-56-53-24-21-18-15-12-9-6-3)82-76(79)70-67-64-61-58-55-52-50-48-45-30-28-26-23-20-17-14-11-8-5-2/h7,10,16,18-19,21,25-28,31-32,34-35,73H,4-6,8-9,11-15,17,20,22-24,29-30,33,36-72H2,1-3H3/b10-7-,19-16-,21-18-,27-25-,28-26-,32-31-,35-34-. The van der Waals surface area contributed by atoms with E-state index >= 15 is 0 Å². The quantitative estimate of drug-likeness (QED) is 0.0261. The molecule has 0 rings (SSSR count). The van der Waals surface area contributed by atoms with Crippen LogP contribution < -0.4 is 0 Å². The van der Waals surface area contributed by atoms with Crippen LogP contribution in [-0.2, 0) is 28.6 Å². The molecule has 1 atom stereocenters. The van der Waals surface area contributed by atoms with Crippen molar-refractivity contribution in [2.45, 2.75) is 367 Å². The molecule has 6 nitrogen and oxygen atoms in total. The number of carbonyl (C=O) groups excluding carboxylic acids is 3. The van der Waals surface area contributed by atoms with Crippen molar-refractivity contribution in [1.82, 2.24) is 0 Å². The molecule has 0 aliphatic heterocycles. The Hall–Kier alpha value is -3.41. The monoisotopic (exact) mass is 1140 g/mol. The van der Waals surface area contributed by atoms with E-state index in [1.807, 2.05) is 0 Å². The number of esters is 3. The van der Waals surface area contributed by atoms with Gasteiger partial charge < -0.3 is 14.2 Å². The molecule has 0 N–H and O–H groups in total. The van der Waals surface area contributed by atoms with Crippen LogP contribution in [0.2, 0.25) is 0 Å². The summed E-state index contributed by atoms with van der Waals surface area (Å²) in [7, 11) is 0. The Morgan fingerprint density at radius 2 is 0.476 bits per heavy atom. The Morgan fingerprint density at radius 1 is 0.256 bits per heavy atom. The fourth-order valence-corrected chi connectivity index (χ4v) is 10.3. The molecule has 474 valence electrons. The fraction of sp³-hybridized carbons (Fsp3) is 0.776. The molecular weight excluding hydrogens is 1010 g/mol. The zero-order valence-electron chi connectivity index (χ0n) is 54.5. The maximum Gasteiger partial charge on any atom is 0.306 e. The van der Waals surface area contributed by atoms with Crippen LogP contribution in [0.25, 0.3) is 0 Å². The van der Waals surface area contributed by atoms with Crippen LogP contribution in [0, 0.1) is 0 Å². The third-order valence-corrected chi connectivity index (χ3v) is 15.6. The molecular formula is C76H134O6. The van der Waals surface area contributed by atoms with Gasteiger partial charge in [0.05, 0.1) is 0 Å². The number of carbonyl (C=O) groups is 3. The molecule has 0 amide bonds. The second kappa shape index (κ2) is 70.1. The first kappa shape index (κ1) is 78.6. The van der Waals surface area contributed by atoms with Crippen LogP contribution in [-0.4, -0.2) is 37.2 Å². The van der Waals surface area contributed by atoms with Crippen LogP contribution in [0.15, 0.2) is 85.1 Å². The largest absolute Gasteiger partial charge is 0.462 e. The first-order valence-electron chi connectivity index (χ1n) is 35.6. The Bertz CT molecular complexity index is 1550. The minimum Gasteiger partial charge on any atom is -0.462 e. The van der Waals surface area contributed by atoms with E-state index in [0.29, 0.717) is 19.3 Å². The highest BCUT2D eigenvalue weighted by Crippen LogP contribution is 2.18. The second-order valence-corrected chi connectivity index (χ2v) is 23.8. The van der Waals surface area contributed by atoms with Crippen molar-refractivity contribution in [2.75, 3.05) is 13.2 Å². The van der Waals surface area contributed by atoms with Gasteiger partial charge in [-0.1, -0.05) is 311 Å². The Balaban J connectivity index is 4.16. The molecule has 0 saturated heterocycles. The lowest BCUT2D eigenvalue weighted by molar-refractivity contribution is -0.167. The number of rotatable bonds is 65. The summed E-state index contributed by atoms with van der Waals surface area (Å²) in [4.78, 5) is 38.4. The van der Waals surface area contributed by atoms with Crippen LogP contribution in [0.4, 0.5) is 0 Å². The lowest BCUT2D eigenvalue weighted by Gasteiger charge is -2.18. The van der Waals surface area contributed by atoms with E-state index in [-0.39, 0.29) is 31.1 Å². The molecule has 0 spiro atoms. The first-order chi connectivity index (χ1) is 40.5. The summed E-state index contributed by atoms with van der Waals surface area (Å²) in [5, 5.41) is 0. The van der Waals surface area contributed by atoms with Gasteiger partial charge in [-0.3, -0.25) is 14.4 Å². The Morgan fingerprint density at radius 3 is 0.780 bits per heavy atom. The average Bonchev–Trinajstić information content (AvgIpc) is 3.47.